The van der Waals surface area contributed by atoms with E-state index in [-0.39, 0.29) is 11.9 Å². The van der Waals surface area contributed by atoms with Crippen LogP contribution in [0.5, 0.6) is 0 Å². The van der Waals surface area contributed by atoms with Gasteiger partial charge in [0.05, 0.1) is 23.2 Å². The summed E-state index contributed by atoms with van der Waals surface area (Å²) in [5, 5.41) is 8.93. The lowest BCUT2D eigenvalue weighted by molar-refractivity contribution is -0.119. The molecule has 0 unspecified atom stereocenters. The van der Waals surface area contributed by atoms with Gasteiger partial charge in [-0.05, 0) is 44.9 Å². The maximum absolute atomic E-state index is 12.1. The van der Waals surface area contributed by atoms with Gasteiger partial charge >= 0.3 is 0 Å². The predicted octanol–water partition coefficient (Wildman–Crippen LogP) is 3.55. The molecule has 2 aliphatic rings. The van der Waals surface area contributed by atoms with Gasteiger partial charge in [-0.25, -0.2) is 9.67 Å². The summed E-state index contributed by atoms with van der Waals surface area (Å²) in [5.74, 6) is 1.89. The van der Waals surface area contributed by atoms with Crippen molar-refractivity contribution in [2.24, 2.45) is 9.98 Å². The Bertz CT molecular complexity index is 1010. The first-order valence-corrected chi connectivity index (χ1v) is 11.0. The number of halogens is 1. The molecule has 0 radical (unpaired) electrons. The lowest BCUT2D eigenvalue weighted by Crippen LogP contribution is -2.42. The zero-order chi connectivity index (χ0) is 20.5. The fourth-order valence-corrected chi connectivity index (χ4v) is 4.29. The third-order valence-electron chi connectivity index (χ3n) is 4.66. The Balaban J connectivity index is 1.70. The largest absolute Gasteiger partial charge is 0.353 e. The Labute approximate surface area is 179 Å². The SMILES string of the molecule is Cc1ccc(-n2ncc3c2N=C(SCC(=O)NC(C)C)N2CCCN=C32)cc1Cl. The highest BCUT2D eigenvalue weighted by Crippen LogP contribution is 2.33. The van der Waals surface area contributed by atoms with Crippen LogP contribution in [0.3, 0.4) is 0 Å². The van der Waals surface area contributed by atoms with Crippen LogP contribution in [0.2, 0.25) is 5.02 Å². The molecule has 7 nitrogen and oxygen atoms in total. The second-order valence-electron chi connectivity index (χ2n) is 7.34. The highest BCUT2D eigenvalue weighted by molar-refractivity contribution is 8.14. The van der Waals surface area contributed by atoms with E-state index in [9.17, 15) is 4.79 Å². The molecule has 0 aliphatic carbocycles. The average Bonchev–Trinajstić information content (AvgIpc) is 3.12. The Hall–Kier alpha value is -2.32. The quantitative estimate of drug-likeness (QED) is 0.804. The zero-order valence-corrected chi connectivity index (χ0v) is 18.2. The normalized spacial score (nSPS) is 15.6. The van der Waals surface area contributed by atoms with Crippen LogP contribution in [-0.4, -0.2) is 56.5 Å². The van der Waals surface area contributed by atoms with Crippen molar-refractivity contribution in [1.82, 2.24) is 20.0 Å². The number of aryl methyl sites for hydroxylation is 1. The van der Waals surface area contributed by atoms with Crippen molar-refractivity contribution in [3.05, 3.63) is 40.5 Å². The first kappa shape index (κ1) is 20.0. The molecule has 152 valence electrons. The number of nitrogens with one attached hydrogen (secondary N) is 1. The molecule has 1 aromatic heterocycles. The molecule has 0 spiro atoms. The molecule has 0 fully saturated rings. The molecule has 2 aliphatic heterocycles. The summed E-state index contributed by atoms with van der Waals surface area (Å²) in [6.45, 7) is 7.48. The standard InChI is InChI=1S/C20H23ClN6OS/c1-12(2)24-17(28)11-29-20-25-19-15(18-22-7-4-8-26(18)20)10-23-27(19)14-6-5-13(3)16(21)9-14/h5-6,9-10,12H,4,7-8,11H2,1-3H3,(H,24,28). The minimum absolute atomic E-state index is 0.00665. The van der Waals surface area contributed by atoms with Crippen molar-refractivity contribution >= 4 is 46.1 Å². The molecule has 1 N–H and O–H groups in total. The van der Waals surface area contributed by atoms with Gasteiger partial charge in [0.1, 0.15) is 5.84 Å². The van der Waals surface area contributed by atoms with Crippen LogP contribution in [0.25, 0.3) is 5.69 Å². The maximum Gasteiger partial charge on any atom is 0.230 e. The molecular formula is C20H23ClN6OS. The van der Waals surface area contributed by atoms with E-state index >= 15 is 0 Å². The smallest absolute Gasteiger partial charge is 0.230 e. The predicted molar refractivity (Wildman–Crippen MR) is 119 cm³/mol. The molecule has 3 heterocycles. The third-order valence-corrected chi connectivity index (χ3v) is 6.04. The van der Waals surface area contributed by atoms with Gasteiger partial charge in [-0.2, -0.15) is 5.10 Å². The highest BCUT2D eigenvalue weighted by atomic mass is 35.5. The first-order chi connectivity index (χ1) is 13.9. The van der Waals surface area contributed by atoms with Crippen LogP contribution in [0.4, 0.5) is 5.82 Å². The van der Waals surface area contributed by atoms with Gasteiger partial charge in [-0.1, -0.05) is 29.4 Å². The van der Waals surface area contributed by atoms with Crippen molar-refractivity contribution in [2.75, 3.05) is 18.8 Å². The molecule has 1 aromatic carbocycles. The lowest BCUT2D eigenvalue weighted by Gasteiger charge is -2.32. The van der Waals surface area contributed by atoms with Crippen molar-refractivity contribution < 1.29 is 4.79 Å². The summed E-state index contributed by atoms with van der Waals surface area (Å²) in [4.78, 5) is 23.8. The molecule has 2 aromatic rings. The number of amidine groups is 2. The van der Waals surface area contributed by atoms with Gasteiger partial charge in [0.2, 0.25) is 5.91 Å². The average molecular weight is 431 g/mol. The van der Waals surface area contributed by atoms with Crippen molar-refractivity contribution in [1.29, 1.82) is 0 Å². The molecular weight excluding hydrogens is 408 g/mol. The lowest BCUT2D eigenvalue weighted by atomic mass is 10.2. The summed E-state index contributed by atoms with van der Waals surface area (Å²) >= 11 is 7.75. The van der Waals surface area contributed by atoms with E-state index in [1.54, 1.807) is 10.9 Å². The number of nitrogens with zero attached hydrogens (tertiary/aromatic N) is 5. The van der Waals surface area contributed by atoms with Crippen LogP contribution < -0.4 is 5.32 Å². The van der Waals surface area contributed by atoms with E-state index in [0.29, 0.717) is 16.6 Å². The second-order valence-corrected chi connectivity index (χ2v) is 8.69. The van der Waals surface area contributed by atoms with Crippen LogP contribution >= 0.6 is 23.4 Å². The number of hydrogen-bond acceptors (Lipinski definition) is 6. The minimum atomic E-state index is -0.00665. The van der Waals surface area contributed by atoms with Crippen molar-refractivity contribution in [3.8, 4) is 5.69 Å². The number of amides is 1. The number of aromatic nitrogens is 2. The number of benzene rings is 1. The van der Waals surface area contributed by atoms with Crippen molar-refractivity contribution in [2.45, 2.75) is 33.2 Å². The Morgan fingerprint density at radius 1 is 1.38 bits per heavy atom. The van der Waals surface area contributed by atoms with Gasteiger partial charge in [-0.15, -0.1) is 0 Å². The van der Waals surface area contributed by atoms with Gasteiger partial charge in [0.25, 0.3) is 0 Å². The van der Waals surface area contributed by atoms with Gasteiger partial charge < -0.3 is 10.2 Å². The van der Waals surface area contributed by atoms with Gasteiger partial charge in [-0.3, -0.25) is 9.79 Å². The molecule has 0 bridgehead atoms. The molecule has 0 saturated heterocycles. The molecule has 0 atom stereocenters. The minimum Gasteiger partial charge on any atom is -0.353 e. The molecule has 1 amide bonds. The van der Waals surface area contributed by atoms with E-state index in [1.807, 2.05) is 39.0 Å². The third kappa shape index (κ3) is 4.04. The first-order valence-electron chi connectivity index (χ1n) is 9.62. The van der Waals surface area contributed by atoms with E-state index in [0.717, 1.165) is 47.3 Å². The molecule has 9 heteroatoms. The Kier molecular flexibility index (Phi) is 5.65. The summed E-state index contributed by atoms with van der Waals surface area (Å²) in [6, 6.07) is 5.94. The van der Waals surface area contributed by atoms with E-state index in [2.05, 4.69) is 15.3 Å². The summed E-state index contributed by atoms with van der Waals surface area (Å²) in [7, 11) is 0. The van der Waals surface area contributed by atoms with Gasteiger partial charge in [0, 0.05) is 24.2 Å². The maximum atomic E-state index is 12.1. The number of aliphatic imine (C=N–C) groups is 2. The highest BCUT2D eigenvalue weighted by Gasteiger charge is 2.32. The number of hydrogen-bond donors (Lipinski definition) is 1. The summed E-state index contributed by atoms with van der Waals surface area (Å²) < 4.78 is 1.78. The monoisotopic (exact) mass is 430 g/mol. The van der Waals surface area contributed by atoms with E-state index in [1.165, 1.54) is 11.8 Å². The summed E-state index contributed by atoms with van der Waals surface area (Å²) in [6.07, 6.45) is 2.76. The van der Waals surface area contributed by atoms with Crippen LogP contribution in [0, 0.1) is 6.92 Å². The molecule has 0 saturated carbocycles. The summed E-state index contributed by atoms with van der Waals surface area (Å²) in [5.41, 5.74) is 2.75. The topological polar surface area (TPSA) is 74.9 Å². The fraction of sp³-hybridized carbons (Fsp3) is 0.400. The number of carbonyl (C=O) groups is 1. The Morgan fingerprint density at radius 3 is 2.97 bits per heavy atom. The number of fused-ring (bicyclic) bond motifs is 3. The second kappa shape index (κ2) is 8.20. The van der Waals surface area contributed by atoms with Crippen LogP contribution in [0.15, 0.2) is 34.4 Å². The van der Waals surface area contributed by atoms with Crippen molar-refractivity contribution in [3.63, 3.8) is 0 Å². The molecule has 4 rings (SSSR count). The van der Waals surface area contributed by atoms with Gasteiger partial charge in [0.15, 0.2) is 11.0 Å². The zero-order valence-electron chi connectivity index (χ0n) is 16.6. The Morgan fingerprint density at radius 2 is 2.21 bits per heavy atom. The number of rotatable bonds is 4. The fourth-order valence-electron chi connectivity index (χ4n) is 3.29. The number of carbonyl (C=O) groups excluding carboxylic acids is 1. The van der Waals surface area contributed by atoms with Crippen LogP contribution in [-0.2, 0) is 4.79 Å². The van der Waals surface area contributed by atoms with Crippen LogP contribution in [0.1, 0.15) is 31.4 Å². The van der Waals surface area contributed by atoms with E-state index in [4.69, 9.17) is 21.6 Å². The molecule has 29 heavy (non-hydrogen) atoms. The van der Waals surface area contributed by atoms with E-state index < -0.39 is 0 Å². The number of thioether (sulfide) groups is 1.